The Morgan fingerprint density at radius 2 is 2.00 bits per heavy atom. The summed E-state index contributed by atoms with van der Waals surface area (Å²) in [6.45, 7) is 2.05. The molecule has 3 atom stereocenters. The first-order valence-electron chi connectivity index (χ1n) is 4.88. The van der Waals surface area contributed by atoms with Crippen LogP contribution >= 0.6 is 0 Å². The summed E-state index contributed by atoms with van der Waals surface area (Å²) in [5, 5.41) is 27.5. The second kappa shape index (κ2) is 8.15. The lowest BCUT2D eigenvalue weighted by Gasteiger charge is -2.32. The lowest BCUT2D eigenvalue weighted by atomic mass is 9.97. The molecule has 0 radical (unpaired) electrons. The quantitative estimate of drug-likeness (QED) is 0.510. The van der Waals surface area contributed by atoms with Gasteiger partial charge in [0.2, 0.25) is 0 Å². The molecule has 102 valence electrons. The lowest BCUT2D eigenvalue weighted by molar-refractivity contribution is -0.134. The van der Waals surface area contributed by atoms with Gasteiger partial charge in [-0.1, -0.05) is 5.57 Å². The number of hydrogen-bond donors (Lipinski definition) is 3. The lowest BCUT2D eigenvalue weighted by Crippen LogP contribution is -2.44. The monoisotopic (exact) mass is 252 g/mol. The van der Waals surface area contributed by atoms with E-state index in [1.54, 1.807) is 6.92 Å². The number of aliphatic hydroxyl groups excluding tert-OH is 2. The zero-order valence-corrected chi connectivity index (χ0v) is 9.59. The van der Waals surface area contributed by atoms with Gasteiger partial charge in [-0.3, -0.25) is 0 Å². The highest BCUT2D eigenvalue weighted by molar-refractivity contribution is 5.80. The minimum atomic E-state index is -1.02. The van der Waals surface area contributed by atoms with Gasteiger partial charge in [0.15, 0.2) is 0 Å². The molecular formula is C10H20O7. The molecule has 0 aromatic carbocycles. The fourth-order valence-electron chi connectivity index (χ4n) is 1.62. The SMILES string of the molecule is C/C(=C\C(=O)O)CC1OCCC(O)C1O.O.O. The van der Waals surface area contributed by atoms with E-state index in [-0.39, 0.29) is 11.0 Å². The van der Waals surface area contributed by atoms with Gasteiger partial charge in [0.1, 0.15) is 6.10 Å². The zero-order valence-electron chi connectivity index (χ0n) is 9.59. The third kappa shape index (κ3) is 5.76. The van der Waals surface area contributed by atoms with Gasteiger partial charge in [-0.2, -0.15) is 0 Å². The summed E-state index contributed by atoms with van der Waals surface area (Å²) >= 11 is 0. The van der Waals surface area contributed by atoms with Crippen molar-refractivity contribution >= 4 is 5.97 Å². The molecule has 1 heterocycles. The summed E-state index contributed by atoms with van der Waals surface area (Å²) in [5.41, 5.74) is 0.612. The Labute approximate surface area is 98.9 Å². The molecule has 0 aromatic rings. The van der Waals surface area contributed by atoms with Crippen LogP contribution in [-0.4, -0.2) is 57.2 Å². The van der Waals surface area contributed by atoms with Crippen LogP contribution in [0.1, 0.15) is 19.8 Å². The summed E-state index contributed by atoms with van der Waals surface area (Å²) in [4.78, 5) is 10.4. The van der Waals surface area contributed by atoms with Crippen molar-refractivity contribution in [3.63, 3.8) is 0 Å². The van der Waals surface area contributed by atoms with Crippen molar-refractivity contribution in [1.29, 1.82) is 0 Å². The molecular weight excluding hydrogens is 232 g/mol. The molecule has 1 aliphatic rings. The zero-order chi connectivity index (χ0) is 11.4. The summed E-state index contributed by atoms with van der Waals surface area (Å²) in [5.74, 6) is -1.02. The maximum absolute atomic E-state index is 10.4. The first-order valence-corrected chi connectivity index (χ1v) is 4.88. The first-order chi connectivity index (χ1) is 7.00. The van der Waals surface area contributed by atoms with Crippen LogP contribution < -0.4 is 0 Å². The number of carboxylic acids is 1. The highest BCUT2D eigenvalue weighted by Gasteiger charge is 2.31. The Morgan fingerprint density at radius 1 is 1.41 bits per heavy atom. The summed E-state index contributed by atoms with van der Waals surface area (Å²) in [6, 6.07) is 0. The minimum absolute atomic E-state index is 0. The molecule has 3 unspecified atom stereocenters. The van der Waals surface area contributed by atoms with E-state index in [1.165, 1.54) is 0 Å². The number of carboxylic acid groups (broad SMARTS) is 1. The van der Waals surface area contributed by atoms with Crippen molar-refractivity contribution in [3.8, 4) is 0 Å². The molecule has 7 N–H and O–H groups in total. The highest BCUT2D eigenvalue weighted by atomic mass is 16.5. The number of aliphatic hydroxyl groups is 2. The molecule has 0 amide bonds. The van der Waals surface area contributed by atoms with E-state index in [0.29, 0.717) is 25.0 Å². The van der Waals surface area contributed by atoms with E-state index < -0.39 is 24.3 Å². The Hall–Kier alpha value is -0.990. The number of rotatable bonds is 3. The average molecular weight is 252 g/mol. The summed E-state index contributed by atoms with van der Waals surface area (Å²) < 4.78 is 5.27. The molecule has 7 nitrogen and oxygen atoms in total. The molecule has 0 spiro atoms. The fourth-order valence-corrected chi connectivity index (χ4v) is 1.62. The van der Waals surface area contributed by atoms with Gasteiger partial charge in [0, 0.05) is 12.7 Å². The topological polar surface area (TPSA) is 150 Å². The number of hydrogen-bond acceptors (Lipinski definition) is 4. The average Bonchev–Trinajstić information content (AvgIpc) is 2.11. The normalized spacial score (nSPS) is 28.9. The van der Waals surface area contributed by atoms with Crippen LogP contribution in [0.25, 0.3) is 0 Å². The van der Waals surface area contributed by atoms with Crippen LogP contribution in [-0.2, 0) is 9.53 Å². The molecule has 0 saturated carbocycles. The Bertz CT molecular complexity index is 263. The maximum Gasteiger partial charge on any atom is 0.328 e. The van der Waals surface area contributed by atoms with Gasteiger partial charge in [0.05, 0.1) is 12.2 Å². The van der Waals surface area contributed by atoms with Gasteiger partial charge < -0.3 is 31.0 Å². The van der Waals surface area contributed by atoms with E-state index in [4.69, 9.17) is 9.84 Å². The number of ether oxygens (including phenoxy) is 1. The number of aliphatic carboxylic acids is 1. The van der Waals surface area contributed by atoms with Gasteiger partial charge >= 0.3 is 5.97 Å². The predicted molar refractivity (Wildman–Crippen MR) is 59.6 cm³/mol. The smallest absolute Gasteiger partial charge is 0.328 e. The van der Waals surface area contributed by atoms with Crippen molar-refractivity contribution in [3.05, 3.63) is 11.6 Å². The Morgan fingerprint density at radius 3 is 2.53 bits per heavy atom. The standard InChI is InChI=1S/C10H16O5.2H2O/c1-6(5-9(12)13)4-8-10(14)7(11)2-3-15-8;;/h5,7-8,10-11,14H,2-4H2,1H3,(H,12,13);2*1H2/b6-5+;;. The number of carbonyl (C=O) groups is 1. The van der Waals surface area contributed by atoms with Gasteiger partial charge in [0.25, 0.3) is 0 Å². The second-order valence-electron chi connectivity index (χ2n) is 3.79. The molecule has 1 fully saturated rings. The van der Waals surface area contributed by atoms with Crippen LogP contribution in [0, 0.1) is 0 Å². The third-order valence-corrected chi connectivity index (χ3v) is 2.41. The van der Waals surface area contributed by atoms with Gasteiger partial charge in [-0.05, 0) is 19.8 Å². The van der Waals surface area contributed by atoms with E-state index in [2.05, 4.69) is 0 Å². The summed E-state index contributed by atoms with van der Waals surface area (Å²) in [7, 11) is 0. The van der Waals surface area contributed by atoms with Crippen molar-refractivity contribution in [2.24, 2.45) is 0 Å². The van der Waals surface area contributed by atoms with Crippen molar-refractivity contribution in [1.82, 2.24) is 0 Å². The Kier molecular flexibility index (Phi) is 8.81. The first kappa shape index (κ1) is 18.4. The third-order valence-electron chi connectivity index (χ3n) is 2.41. The van der Waals surface area contributed by atoms with Crippen LogP contribution in [0.2, 0.25) is 0 Å². The Balaban J connectivity index is 0. The predicted octanol–water partition coefficient (Wildman–Crippen LogP) is -1.73. The molecule has 0 aromatic heterocycles. The minimum Gasteiger partial charge on any atom is -0.478 e. The molecule has 1 rings (SSSR count). The molecule has 7 heteroatoms. The molecule has 0 bridgehead atoms. The van der Waals surface area contributed by atoms with E-state index >= 15 is 0 Å². The molecule has 0 aliphatic carbocycles. The van der Waals surface area contributed by atoms with E-state index in [9.17, 15) is 15.0 Å². The van der Waals surface area contributed by atoms with Crippen molar-refractivity contribution < 1.29 is 35.8 Å². The van der Waals surface area contributed by atoms with Gasteiger partial charge in [-0.15, -0.1) is 0 Å². The van der Waals surface area contributed by atoms with Crippen LogP contribution in [0.5, 0.6) is 0 Å². The van der Waals surface area contributed by atoms with Crippen molar-refractivity contribution in [2.45, 2.75) is 38.1 Å². The van der Waals surface area contributed by atoms with Crippen LogP contribution in [0.4, 0.5) is 0 Å². The maximum atomic E-state index is 10.4. The highest BCUT2D eigenvalue weighted by Crippen LogP contribution is 2.20. The largest absolute Gasteiger partial charge is 0.478 e. The second-order valence-corrected chi connectivity index (χ2v) is 3.79. The summed E-state index contributed by atoms with van der Waals surface area (Å²) in [6.07, 6.45) is -0.400. The molecule has 1 aliphatic heterocycles. The van der Waals surface area contributed by atoms with Gasteiger partial charge in [-0.25, -0.2) is 4.79 Å². The molecule has 17 heavy (non-hydrogen) atoms. The molecule has 1 saturated heterocycles. The van der Waals surface area contributed by atoms with Crippen LogP contribution in [0.3, 0.4) is 0 Å². The fraction of sp³-hybridized carbons (Fsp3) is 0.700. The van der Waals surface area contributed by atoms with Crippen LogP contribution in [0.15, 0.2) is 11.6 Å². The van der Waals surface area contributed by atoms with E-state index in [1.807, 2.05) is 0 Å². The van der Waals surface area contributed by atoms with E-state index in [0.717, 1.165) is 6.08 Å². The van der Waals surface area contributed by atoms with Crippen molar-refractivity contribution in [2.75, 3.05) is 6.61 Å².